The fourth-order valence-corrected chi connectivity index (χ4v) is 4.24. The maximum absolute atomic E-state index is 6.28. The lowest BCUT2D eigenvalue weighted by molar-refractivity contribution is 0.456. The molecule has 4 rings (SSSR count). The number of aromatic nitrogens is 1. The second-order valence-electron chi connectivity index (χ2n) is 6.57. The fourth-order valence-electron chi connectivity index (χ4n) is 4.24. The Balaban J connectivity index is 1.90. The van der Waals surface area contributed by atoms with Crippen molar-refractivity contribution in [1.29, 1.82) is 0 Å². The Bertz CT molecular complexity index is 885. The molecule has 0 fully saturated rings. The summed E-state index contributed by atoms with van der Waals surface area (Å²) in [6.45, 7) is 5.94. The van der Waals surface area contributed by atoms with Crippen molar-refractivity contribution < 1.29 is 0 Å². The van der Waals surface area contributed by atoms with Gasteiger partial charge in [0.2, 0.25) is 0 Å². The van der Waals surface area contributed by atoms with Gasteiger partial charge in [-0.1, -0.05) is 54.6 Å². The molecule has 0 spiro atoms. The van der Waals surface area contributed by atoms with Crippen LogP contribution in [0, 0.1) is 5.92 Å². The highest BCUT2D eigenvalue weighted by Gasteiger charge is 2.38. The van der Waals surface area contributed by atoms with Crippen LogP contribution in [0.4, 0.5) is 5.69 Å². The van der Waals surface area contributed by atoms with E-state index in [1.54, 1.807) is 0 Å². The van der Waals surface area contributed by atoms with Crippen molar-refractivity contribution in [3.8, 4) is 0 Å². The second kappa shape index (κ2) is 5.90. The molecular weight excluding hydrogens is 291 g/mol. The topological polar surface area (TPSA) is 27.8 Å². The number of fused-ring (bicyclic) bond motifs is 5. The molecular formula is C21H21BN2. The first kappa shape index (κ1) is 15.1. The van der Waals surface area contributed by atoms with E-state index >= 15 is 0 Å². The summed E-state index contributed by atoms with van der Waals surface area (Å²) in [5, 5.41) is 4.98. The first-order valence-corrected chi connectivity index (χ1v) is 8.52. The van der Waals surface area contributed by atoms with Crippen LogP contribution < -0.4 is 10.8 Å². The number of hydrogen-bond acceptors (Lipinski definition) is 1. The standard InChI is InChI=1S/C21H21BN2/c1-3-6-13(7-4-2)19-15-9-5-8-14(15)17-12-18(22)21-16(10-11-23-21)20(17)24-19/h3-8,10-12,14-15,19,23-24H,1,9H2,2H3/b7-4-,13-6+. The molecule has 2 nitrogen and oxygen atoms in total. The highest BCUT2D eigenvalue weighted by Crippen LogP contribution is 2.48. The summed E-state index contributed by atoms with van der Waals surface area (Å²) in [5.74, 6) is 0.919. The average Bonchev–Trinajstić information content (AvgIpc) is 3.24. The Kier molecular flexibility index (Phi) is 3.72. The summed E-state index contributed by atoms with van der Waals surface area (Å²) >= 11 is 0. The van der Waals surface area contributed by atoms with Crippen molar-refractivity contribution in [3.05, 3.63) is 72.5 Å². The maximum Gasteiger partial charge on any atom is 0.116 e. The minimum Gasteiger partial charge on any atom is -0.377 e. The van der Waals surface area contributed by atoms with Crippen LogP contribution >= 0.6 is 0 Å². The van der Waals surface area contributed by atoms with E-state index in [0.717, 1.165) is 17.4 Å². The predicted octanol–water partition coefficient (Wildman–Crippen LogP) is 4.10. The van der Waals surface area contributed by atoms with Crippen LogP contribution in [-0.2, 0) is 0 Å². The molecule has 2 aliphatic rings. The average molecular weight is 312 g/mol. The SMILES string of the molecule is [B]c1cc2c(c3cc[nH]c13)NC(C(/C=C\C)=C/C=C)C1CC=CC21. The van der Waals surface area contributed by atoms with Crippen LogP contribution in [-0.4, -0.2) is 18.9 Å². The highest BCUT2D eigenvalue weighted by molar-refractivity contribution is 6.39. The van der Waals surface area contributed by atoms with Gasteiger partial charge in [0.1, 0.15) is 7.85 Å². The summed E-state index contributed by atoms with van der Waals surface area (Å²) in [5.41, 5.74) is 5.63. The number of rotatable bonds is 3. The molecule has 1 aliphatic heterocycles. The van der Waals surface area contributed by atoms with Gasteiger partial charge in [-0.3, -0.25) is 0 Å². The first-order chi connectivity index (χ1) is 11.7. The van der Waals surface area contributed by atoms with Gasteiger partial charge >= 0.3 is 0 Å². The molecule has 1 aliphatic carbocycles. The van der Waals surface area contributed by atoms with Crippen molar-refractivity contribution in [3.63, 3.8) is 0 Å². The van der Waals surface area contributed by atoms with E-state index in [1.165, 1.54) is 22.2 Å². The van der Waals surface area contributed by atoms with Gasteiger partial charge in [-0.25, -0.2) is 0 Å². The third-order valence-corrected chi connectivity index (χ3v) is 5.23. The van der Waals surface area contributed by atoms with E-state index in [0.29, 0.717) is 11.8 Å². The lowest BCUT2D eigenvalue weighted by Gasteiger charge is -2.38. The Labute approximate surface area is 144 Å². The fraction of sp³-hybridized carbons (Fsp3) is 0.238. The number of aromatic amines is 1. The molecule has 0 saturated carbocycles. The number of anilines is 1. The van der Waals surface area contributed by atoms with E-state index in [1.807, 2.05) is 12.3 Å². The van der Waals surface area contributed by atoms with E-state index in [9.17, 15) is 0 Å². The molecule has 2 N–H and O–H groups in total. The van der Waals surface area contributed by atoms with Crippen LogP contribution in [0.25, 0.3) is 10.9 Å². The molecule has 0 saturated heterocycles. The molecule has 24 heavy (non-hydrogen) atoms. The van der Waals surface area contributed by atoms with Crippen LogP contribution in [0.5, 0.6) is 0 Å². The lowest BCUT2D eigenvalue weighted by Crippen LogP contribution is -2.37. The van der Waals surface area contributed by atoms with Gasteiger partial charge < -0.3 is 10.3 Å². The quantitative estimate of drug-likeness (QED) is 0.498. The zero-order valence-corrected chi connectivity index (χ0v) is 13.9. The second-order valence-corrected chi connectivity index (χ2v) is 6.57. The molecule has 0 bridgehead atoms. The van der Waals surface area contributed by atoms with E-state index in [2.05, 4.69) is 66.3 Å². The summed E-state index contributed by atoms with van der Waals surface area (Å²) in [6.07, 6.45) is 16.0. The Hall–Kier alpha value is -2.42. The molecule has 3 unspecified atom stereocenters. The Morgan fingerprint density at radius 3 is 3.08 bits per heavy atom. The van der Waals surface area contributed by atoms with Crippen LogP contribution in [0.3, 0.4) is 0 Å². The minimum absolute atomic E-state index is 0.272. The van der Waals surface area contributed by atoms with Gasteiger partial charge in [-0.15, -0.1) is 0 Å². The van der Waals surface area contributed by atoms with Crippen molar-refractivity contribution in [1.82, 2.24) is 4.98 Å². The van der Waals surface area contributed by atoms with E-state index in [-0.39, 0.29) is 6.04 Å². The van der Waals surface area contributed by atoms with Gasteiger partial charge in [-0.05, 0) is 36.5 Å². The van der Waals surface area contributed by atoms with Crippen LogP contribution in [0.1, 0.15) is 24.8 Å². The largest absolute Gasteiger partial charge is 0.377 e. The Morgan fingerprint density at radius 1 is 1.42 bits per heavy atom. The van der Waals surface area contributed by atoms with Crippen molar-refractivity contribution in [2.24, 2.45) is 5.92 Å². The zero-order valence-electron chi connectivity index (χ0n) is 13.9. The zero-order chi connectivity index (χ0) is 16.7. The number of allylic oxidation sites excluding steroid dienone is 5. The van der Waals surface area contributed by atoms with Gasteiger partial charge in [0.25, 0.3) is 0 Å². The monoisotopic (exact) mass is 312 g/mol. The third-order valence-electron chi connectivity index (χ3n) is 5.23. The Morgan fingerprint density at radius 2 is 2.29 bits per heavy atom. The van der Waals surface area contributed by atoms with Crippen molar-refractivity contribution in [2.75, 3.05) is 5.32 Å². The molecule has 0 amide bonds. The molecule has 2 aromatic rings. The molecule has 1 aromatic carbocycles. The number of benzene rings is 1. The normalized spacial score (nSPS) is 25.7. The van der Waals surface area contributed by atoms with Gasteiger partial charge in [0.05, 0.1) is 6.04 Å². The predicted molar refractivity (Wildman–Crippen MR) is 104 cm³/mol. The summed E-state index contributed by atoms with van der Waals surface area (Å²) < 4.78 is 0. The van der Waals surface area contributed by atoms with Gasteiger partial charge in [-0.2, -0.15) is 0 Å². The third kappa shape index (κ3) is 2.19. The van der Waals surface area contributed by atoms with Crippen LogP contribution in [0.15, 0.2) is 66.9 Å². The number of hydrogen-bond donors (Lipinski definition) is 2. The van der Waals surface area contributed by atoms with E-state index < -0.39 is 0 Å². The van der Waals surface area contributed by atoms with Crippen molar-refractivity contribution >= 4 is 29.9 Å². The molecule has 118 valence electrons. The smallest absolute Gasteiger partial charge is 0.116 e. The number of H-pyrrole nitrogens is 1. The molecule has 2 radical (unpaired) electrons. The van der Waals surface area contributed by atoms with Gasteiger partial charge in [0, 0.05) is 28.7 Å². The minimum atomic E-state index is 0.272. The molecule has 3 heteroatoms. The molecule has 2 heterocycles. The summed E-state index contributed by atoms with van der Waals surface area (Å²) in [6, 6.07) is 4.52. The van der Waals surface area contributed by atoms with E-state index in [4.69, 9.17) is 7.85 Å². The summed E-state index contributed by atoms with van der Waals surface area (Å²) in [4.78, 5) is 3.26. The maximum atomic E-state index is 6.28. The molecule has 3 atom stereocenters. The first-order valence-electron chi connectivity index (χ1n) is 8.52. The number of nitrogens with one attached hydrogen (secondary N) is 2. The van der Waals surface area contributed by atoms with Gasteiger partial charge in [0.15, 0.2) is 0 Å². The summed E-state index contributed by atoms with van der Waals surface area (Å²) in [7, 11) is 6.28. The van der Waals surface area contributed by atoms with Crippen molar-refractivity contribution in [2.45, 2.75) is 25.3 Å². The molecule has 1 aromatic heterocycles. The highest BCUT2D eigenvalue weighted by atomic mass is 15.0. The lowest BCUT2D eigenvalue weighted by atomic mass is 9.74. The van der Waals surface area contributed by atoms with Crippen LogP contribution in [0.2, 0.25) is 0 Å².